The monoisotopic (exact) mass is 230 g/mol. The largest absolute Gasteiger partial charge is 0.123 e. The zero-order valence-electron chi connectivity index (χ0n) is 10.3. The van der Waals surface area contributed by atoms with E-state index in [1.54, 1.807) is 0 Å². The zero-order chi connectivity index (χ0) is 11.4. The number of hydrogen-bond donors (Lipinski definition) is 0. The van der Waals surface area contributed by atoms with Crippen LogP contribution < -0.4 is 0 Å². The third-order valence-electron chi connectivity index (χ3n) is 2.80. The molecule has 0 aromatic carbocycles. The first kappa shape index (κ1) is 15.0. The van der Waals surface area contributed by atoms with Gasteiger partial charge in [0.1, 0.15) is 0 Å². The van der Waals surface area contributed by atoms with E-state index in [1.165, 1.54) is 57.8 Å². The Labute approximate surface area is 101 Å². The fraction of sp³-hybridized carbons (Fsp3) is 0.857. The lowest BCUT2D eigenvalue weighted by Crippen LogP contribution is -1.98. The smallest absolute Gasteiger partial charge is 0.0336 e. The molecule has 0 nitrogen and oxygen atoms in total. The van der Waals surface area contributed by atoms with Crippen LogP contribution in [-0.4, -0.2) is 5.38 Å². The molecule has 1 atom stereocenters. The van der Waals surface area contributed by atoms with E-state index in [0.29, 0.717) is 5.38 Å². The molecule has 0 heterocycles. The topological polar surface area (TPSA) is 0 Å². The van der Waals surface area contributed by atoms with Crippen molar-refractivity contribution in [2.75, 3.05) is 0 Å². The molecular weight excluding hydrogens is 204 g/mol. The molecule has 0 spiro atoms. The molecule has 1 heteroatoms. The zero-order valence-corrected chi connectivity index (χ0v) is 11.1. The molecular formula is C14H27Cl. The molecule has 0 N–H and O–H groups in total. The highest BCUT2D eigenvalue weighted by Crippen LogP contribution is 2.16. The molecule has 0 rings (SSSR count). The minimum Gasteiger partial charge on any atom is -0.123 e. The Bertz CT molecular complexity index is 131. The molecule has 90 valence electrons. The average molecular weight is 231 g/mol. The first-order valence-corrected chi connectivity index (χ1v) is 6.99. The van der Waals surface area contributed by atoms with Crippen molar-refractivity contribution in [3.05, 3.63) is 12.7 Å². The van der Waals surface area contributed by atoms with Crippen molar-refractivity contribution in [3.8, 4) is 0 Å². The van der Waals surface area contributed by atoms with Gasteiger partial charge in [-0.2, -0.15) is 0 Å². The minimum atomic E-state index is 0.413. The maximum atomic E-state index is 6.25. The van der Waals surface area contributed by atoms with Crippen molar-refractivity contribution in [2.24, 2.45) is 0 Å². The standard InChI is InChI=1S/C14H27Cl/c1-3-5-7-9-11-13-14(15)12-10-8-6-4-2/h4,14H,2-3,5-13H2,1H3. The van der Waals surface area contributed by atoms with Crippen molar-refractivity contribution in [3.63, 3.8) is 0 Å². The second-order valence-electron chi connectivity index (χ2n) is 4.37. The fourth-order valence-electron chi connectivity index (χ4n) is 1.77. The fourth-order valence-corrected chi connectivity index (χ4v) is 2.08. The lowest BCUT2D eigenvalue weighted by molar-refractivity contribution is 0.563. The molecule has 0 radical (unpaired) electrons. The van der Waals surface area contributed by atoms with Gasteiger partial charge in [-0.25, -0.2) is 0 Å². The quantitative estimate of drug-likeness (QED) is 0.243. The summed E-state index contributed by atoms with van der Waals surface area (Å²) in [5.41, 5.74) is 0. The van der Waals surface area contributed by atoms with Gasteiger partial charge < -0.3 is 0 Å². The normalized spacial score (nSPS) is 12.7. The second-order valence-corrected chi connectivity index (χ2v) is 4.99. The van der Waals surface area contributed by atoms with Crippen LogP contribution in [0.5, 0.6) is 0 Å². The Kier molecular flexibility index (Phi) is 12.1. The van der Waals surface area contributed by atoms with Crippen molar-refractivity contribution < 1.29 is 0 Å². The Morgan fingerprint density at radius 2 is 1.60 bits per heavy atom. The summed E-state index contributed by atoms with van der Waals surface area (Å²) in [4.78, 5) is 0. The summed E-state index contributed by atoms with van der Waals surface area (Å²) in [6, 6.07) is 0. The Hall–Kier alpha value is 0.0300. The number of hydrogen-bond acceptors (Lipinski definition) is 0. The van der Waals surface area contributed by atoms with Gasteiger partial charge in [0.2, 0.25) is 0 Å². The minimum absolute atomic E-state index is 0.413. The summed E-state index contributed by atoms with van der Waals surface area (Å²) < 4.78 is 0. The number of alkyl halides is 1. The Morgan fingerprint density at radius 1 is 1.00 bits per heavy atom. The molecule has 0 saturated carbocycles. The van der Waals surface area contributed by atoms with E-state index in [1.807, 2.05) is 6.08 Å². The van der Waals surface area contributed by atoms with E-state index >= 15 is 0 Å². The van der Waals surface area contributed by atoms with Gasteiger partial charge in [0, 0.05) is 5.38 Å². The number of rotatable bonds is 11. The molecule has 0 bridgehead atoms. The Balaban J connectivity index is 3.11. The van der Waals surface area contributed by atoms with Crippen LogP contribution in [0.2, 0.25) is 0 Å². The predicted molar refractivity (Wildman–Crippen MR) is 71.7 cm³/mol. The Morgan fingerprint density at radius 3 is 2.20 bits per heavy atom. The summed E-state index contributed by atoms with van der Waals surface area (Å²) in [6.07, 6.45) is 14.8. The van der Waals surface area contributed by atoms with Crippen LogP contribution in [0.1, 0.15) is 71.1 Å². The second kappa shape index (κ2) is 12.1. The highest BCUT2D eigenvalue weighted by Gasteiger charge is 2.03. The van der Waals surface area contributed by atoms with Crippen molar-refractivity contribution in [1.82, 2.24) is 0 Å². The van der Waals surface area contributed by atoms with Gasteiger partial charge >= 0.3 is 0 Å². The van der Waals surface area contributed by atoms with Gasteiger partial charge in [0.25, 0.3) is 0 Å². The van der Waals surface area contributed by atoms with Crippen molar-refractivity contribution in [2.45, 2.75) is 76.5 Å². The lowest BCUT2D eigenvalue weighted by Gasteiger charge is -2.08. The van der Waals surface area contributed by atoms with E-state index in [-0.39, 0.29) is 0 Å². The predicted octanol–water partition coefficient (Wildman–Crippen LogP) is 5.70. The van der Waals surface area contributed by atoms with Crippen LogP contribution in [0.3, 0.4) is 0 Å². The molecule has 0 aliphatic rings. The number of unbranched alkanes of at least 4 members (excludes halogenated alkanes) is 6. The van der Waals surface area contributed by atoms with E-state index in [4.69, 9.17) is 11.6 Å². The lowest BCUT2D eigenvalue weighted by atomic mass is 10.1. The molecule has 0 aliphatic carbocycles. The third-order valence-corrected chi connectivity index (χ3v) is 3.23. The van der Waals surface area contributed by atoms with Gasteiger partial charge in [-0.15, -0.1) is 18.2 Å². The SMILES string of the molecule is C=CCCCCC(Cl)CCCCCCC. The van der Waals surface area contributed by atoms with Crippen molar-refractivity contribution >= 4 is 11.6 Å². The van der Waals surface area contributed by atoms with Gasteiger partial charge in [-0.3, -0.25) is 0 Å². The van der Waals surface area contributed by atoms with Crippen LogP contribution in [0.25, 0.3) is 0 Å². The van der Waals surface area contributed by atoms with Gasteiger partial charge in [0.15, 0.2) is 0 Å². The maximum Gasteiger partial charge on any atom is 0.0336 e. The van der Waals surface area contributed by atoms with E-state index in [0.717, 1.165) is 6.42 Å². The van der Waals surface area contributed by atoms with Crippen LogP contribution in [0, 0.1) is 0 Å². The summed E-state index contributed by atoms with van der Waals surface area (Å²) in [6.45, 7) is 5.98. The molecule has 0 amide bonds. The maximum absolute atomic E-state index is 6.25. The molecule has 0 fully saturated rings. The van der Waals surface area contributed by atoms with E-state index in [2.05, 4.69) is 13.5 Å². The highest BCUT2D eigenvalue weighted by molar-refractivity contribution is 6.20. The summed E-state index contributed by atoms with van der Waals surface area (Å²) in [5, 5.41) is 0.413. The molecule has 0 saturated heterocycles. The summed E-state index contributed by atoms with van der Waals surface area (Å²) >= 11 is 6.25. The first-order chi connectivity index (χ1) is 7.31. The molecule has 15 heavy (non-hydrogen) atoms. The third kappa shape index (κ3) is 12.0. The van der Waals surface area contributed by atoms with Crippen LogP contribution in [0.15, 0.2) is 12.7 Å². The highest BCUT2D eigenvalue weighted by atomic mass is 35.5. The molecule has 0 aliphatic heterocycles. The summed E-state index contributed by atoms with van der Waals surface area (Å²) in [5.74, 6) is 0. The van der Waals surface area contributed by atoms with Gasteiger partial charge in [0.05, 0.1) is 0 Å². The van der Waals surface area contributed by atoms with Crippen LogP contribution in [0.4, 0.5) is 0 Å². The van der Waals surface area contributed by atoms with Crippen LogP contribution >= 0.6 is 11.6 Å². The van der Waals surface area contributed by atoms with Crippen molar-refractivity contribution in [1.29, 1.82) is 0 Å². The molecule has 1 unspecified atom stereocenters. The first-order valence-electron chi connectivity index (χ1n) is 6.56. The molecule has 0 aromatic rings. The summed E-state index contributed by atoms with van der Waals surface area (Å²) in [7, 11) is 0. The molecule has 0 aromatic heterocycles. The van der Waals surface area contributed by atoms with E-state index in [9.17, 15) is 0 Å². The van der Waals surface area contributed by atoms with Gasteiger partial charge in [-0.05, 0) is 25.7 Å². The average Bonchev–Trinajstić information content (AvgIpc) is 2.24. The van der Waals surface area contributed by atoms with Crippen LogP contribution in [-0.2, 0) is 0 Å². The van der Waals surface area contributed by atoms with Gasteiger partial charge in [-0.1, -0.05) is 51.5 Å². The van der Waals surface area contributed by atoms with E-state index < -0.39 is 0 Å². The number of allylic oxidation sites excluding steroid dienone is 1. The number of halogens is 1.